The molecule has 7 heteroatoms. The fourth-order valence-corrected chi connectivity index (χ4v) is 3.07. The van der Waals surface area contributed by atoms with Gasteiger partial charge < -0.3 is 9.64 Å². The molecule has 1 aliphatic rings. The van der Waals surface area contributed by atoms with Gasteiger partial charge in [0.1, 0.15) is 6.61 Å². The van der Waals surface area contributed by atoms with Crippen LogP contribution in [0.5, 0.6) is 0 Å². The molecule has 0 radical (unpaired) electrons. The van der Waals surface area contributed by atoms with Crippen LogP contribution in [0.15, 0.2) is 30.3 Å². The van der Waals surface area contributed by atoms with Crippen molar-refractivity contribution >= 4 is 16.1 Å². The van der Waals surface area contributed by atoms with E-state index < -0.39 is 21.4 Å². The largest absolute Gasteiger partial charge is 0.445 e. The molecule has 2 N–H and O–H groups in total. The van der Waals surface area contributed by atoms with E-state index in [1.165, 1.54) is 4.90 Å². The third kappa shape index (κ3) is 3.94. The molecule has 6 nitrogen and oxygen atoms in total. The zero-order valence-corrected chi connectivity index (χ0v) is 11.9. The fourth-order valence-electron chi connectivity index (χ4n) is 2.18. The van der Waals surface area contributed by atoms with Gasteiger partial charge in [-0.15, -0.1) is 0 Å². The summed E-state index contributed by atoms with van der Waals surface area (Å²) in [5.41, 5.74) is 0.890. The molecule has 0 aromatic heterocycles. The molecular formula is C13H18N2O4S. The predicted molar refractivity (Wildman–Crippen MR) is 74.3 cm³/mol. The summed E-state index contributed by atoms with van der Waals surface area (Å²) in [6.07, 6.45) is 0.602. The quantitative estimate of drug-likeness (QED) is 0.904. The van der Waals surface area contributed by atoms with Crippen molar-refractivity contribution in [1.82, 2.24) is 4.90 Å². The summed E-state index contributed by atoms with van der Waals surface area (Å²) in [6.45, 7) is 0.780. The highest BCUT2D eigenvalue weighted by molar-refractivity contribution is 7.89. The number of nitrogens with zero attached hydrogens (tertiary/aromatic N) is 1. The number of amides is 1. The summed E-state index contributed by atoms with van der Waals surface area (Å²) in [5, 5.41) is 4.44. The standard InChI is InChI=1S/C13H18N2O4S/c14-20(17,18)12-7-4-8-15(9-12)13(16)19-10-11-5-2-1-3-6-11/h1-3,5-6,12H,4,7-10H2,(H2,14,17,18)/t12-/m0/s1. The van der Waals surface area contributed by atoms with Crippen molar-refractivity contribution in [2.45, 2.75) is 24.7 Å². The average molecular weight is 298 g/mol. The van der Waals surface area contributed by atoms with Gasteiger partial charge in [0.25, 0.3) is 0 Å². The Labute approximate surface area is 118 Å². The first-order valence-corrected chi connectivity index (χ1v) is 8.05. The maximum atomic E-state index is 11.9. The normalized spacial score (nSPS) is 19.6. The number of hydrogen-bond donors (Lipinski definition) is 1. The number of hydrogen-bond acceptors (Lipinski definition) is 4. The predicted octanol–water partition coefficient (Wildman–Crippen LogP) is 1.08. The van der Waals surface area contributed by atoms with Crippen molar-refractivity contribution in [2.75, 3.05) is 13.1 Å². The van der Waals surface area contributed by atoms with Crippen LogP contribution in [0.3, 0.4) is 0 Å². The van der Waals surface area contributed by atoms with Crippen molar-refractivity contribution in [2.24, 2.45) is 5.14 Å². The fraction of sp³-hybridized carbons (Fsp3) is 0.462. The Morgan fingerprint density at radius 3 is 2.70 bits per heavy atom. The van der Waals surface area contributed by atoms with Gasteiger partial charge in [0.05, 0.1) is 5.25 Å². The Morgan fingerprint density at radius 1 is 1.35 bits per heavy atom. The number of carbonyl (C=O) groups excluding carboxylic acids is 1. The van der Waals surface area contributed by atoms with Crippen LogP contribution in [0.25, 0.3) is 0 Å². The van der Waals surface area contributed by atoms with Gasteiger partial charge in [0.2, 0.25) is 10.0 Å². The second-order valence-electron chi connectivity index (χ2n) is 4.84. The molecule has 20 heavy (non-hydrogen) atoms. The number of likely N-dealkylation sites (tertiary alicyclic amines) is 1. The number of carbonyl (C=O) groups is 1. The maximum Gasteiger partial charge on any atom is 0.410 e. The van der Waals surface area contributed by atoms with Gasteiger partial charge in [-0.25, -0.2) is 18.4 Å². The van der Waals surface area contributed by atoms with Gasteiger partial charge in [0, 0.05) is 13.1 Å². The minimum absolute atomic E-state index is 0.104. The highest BCUT2D eigenvalue weighted by atomic mass is 32.2. The van der Waals surface area contributed by atoms with Gasteiger partial charge in [-0.05, 0) is 18.4 Å². The van der Waals surface area contributed by atoms with E-state index in [0.717, 1.165) is 5.56 Å². The molecule has 0 spiro atoms. The molecule has 1 atom stereocenters. The molecule has 1 aliphatic heterocycles. The molecule has 0 bridgehead atoms. The lowest BCUT2D eigenvalue weighted by molar-refractivity contribution is 0.0899. The third-order valence-electron chi connectivity index (χ3n) is 3.31. The van der Waals surface area contributed by atoms with E-state index in [9.17, 15) is 13.2 Å². The minimum atomic E-state index is -3.61. The van der Waals surface area contributed by atoms with Crippen molar-refractivity contribution in [3.63, 3.8) is 0 Å². The van der Waals surface area contributed by atoms with E-state index in [2.05, 4.69) is 0 Å². The molecule has 1 aromatic rings. The van der Waals surface area contributed by atoms with Gasteiger partial charge >= 0.3 is 6.09 Å². The molecule has 0 unspecified atom stereocenters. The second-order valence-corrected chi connectivity index (χ2v) is 6.68. The van der Waals surface area contributed by atoms with E-state index in [1.807, 2.05) is 30.3 Å². The van der Waals surface area contributed by atoms with Gasteiger partial charge in [-0.1, -0.05) is 30.3 Å². The summed E-state index contributed by atoms with van der Waals surface area (Å²) in [7, 11) is -3.61. The van der Waals surface area contributed by atoms with E-state index in [4.69, 9.17) is 9.88 Å². The first kappa shape index (κ1) is 14.8. The number of ether oxygens (including phenoxy) is 1. The number of nitrogens with two attached hydrogens (primary N) is 1. The third-order valence-corrected chi connectivity index (χ3v) is 4.62. The van der Waals surface area contributed by atoms with Crippen LogP contribution >= 0.6 is 0 Å². The van der Waals surface area contributed by atoms with E-state index >= 15 is 0 Å². The number of piperidine rings is 1. The van der Waals surface area contributed by atoms with Crippen molar-refractivity contribution < 1.29 is 17.9 Å². The SMILES string of the molecule is NS(=O)(=O)[C@H]1CCCN(C(=O)OCc2ccccc2)C1. The van der Waals surface area contributed by atoms with Crippen molar-refractivity contribution in [3.05, 3.63) is 35.9 Å². The summed E-state index contributed by atoms with van der Waals surface area (Å²) >= 11 is 0. The van der Waals surface area contributed by atoms with Gasteiger partial charge in [-0.3, -0.25) is 0 Å². The van der Waals surface area contributed by atoms with E-state index in [1.54, 1.807) is 0 Å². The highest BCUT2D eigenvalue weighted by Gasteiger charge is 2.31. The molecule has 1 amide bonds. The summed E-state index contributed by atoms with van der Waals surface area (Å²) < 4.78 is 27.8. The topological polar surface area (TPSA) is 89.7 Å². The van der Waals surface area contributed by atoms with Gasteiger partial charge in [0.15, 0.2) is 0 Å². The lowest BCUT2D eigenvalue weighted by atomic mass is 10.1. The lowest BCUT2D eigenvalue weighted by Gasteiger charge is -2.30. The number of rotatable bonds is 3. The molecule has 2 rings (SSSR count). The zero-order valence-electron chi connectivity index (χ0n) is 11.1. The number of benzene rings is 1. The van der Waals surface area contributed by atoms with E-state index in [-0.39, 0.29) is 13.2 Å². The Hall–Kier alpha value is -1.60. The Bertz CT molecular complexity index is 559. The highest BCUT2D eigenvalue weighted by Crippen LogP contribution is 2.16. The Kier molecular flexibility index (Phi) is 4.61. The first-order chi connectivity index (χ1) is 9.47. The molecule has 0 aliphatic carbocycles. The van der Waals surface area contributed by atoms with Crippen LogP contribution in [0.2, 0.25) is 0 Å². The lowest BCUT2D eigenvalue weighted by Crippen LogP contribution is -2.47. The van der Waals surface area contributed by atoms with Crippen LogP contribution in [0.1, 0.15) is 18.4 Å². The van der Waals surface area contributed by atoms with Crippen LogP contribution in [0, 0.1) is 0 Å². The molecule has 1 saturated heterocycles. The smallest absolute Gasteiger partial charge is 0.410 e. The Morgan fingerprint density at radius 2 is 2.05 bits per heavy atom. The molecule has 110 valence electrons. The minimum Gasteiger partial charge on any atom is -0.445 e. The van der Waals surface area contributed by atoms with Crippen LogP contribution in [-0.2, 0) is 21.4 Å². The van der Waals surface area contributed by atoms with Crippen molar-refractivity contribution in [1.29, 1.82) is 0 Å². The molecule has 0 saturated carbocycles. The Balaban J connectivity index is 1.89. The molecule has 1 heterocycles. The monoisotopic (exact) mass is 298 g/mol. The summed E-state index contributed by atoms with van der Waals surface area (Å²) in [5.74, 6) is 0. The van der Waals surface area contributed by atoms with Crippen LogP contribution in [-0.4, -0.2) is 37.8 Å². The number of primary sulfonamides is 1. The molecular weight excluding hydrogens is 280 g/mol. The summed E-state index contributed by atoms with van der Waals surface area (Å²) in [4.78, 5) is 13.3. The molecule has 1 aromatic carbocycles. The maximum absolute atomic E-state index is 11.9. The average Bonchev–Trinajstić information content (AvgIpc) is 2.45. The second kappa shape index (κ2) is 6.23. The summed E-state index contributed by atoms with van der Waals surface area (Å²) in [6, 6.07) is 9.32. The van der Waals surface area contributed by atoms with Crippen molar-refractivity contribution in [3.8, 4) is 0 Å². The van der Waals surface area contributed by atoms with Crippen LogP contribution in [0.4, 0.5) is 4.79 Å². The molecule has 1 fully saturated rings. The van der Waals surface area contributed by atoms with Gasteiger partial charge in [-0.2, -0.15) is 0 Å². The van der Waals surface area contributed by atoms with E-state index in [0.29, 0.717) is 19.4 Å². The number of sulfonamides is 1. The van der Waals surface area contributed by atoms with Crippen LogP contribution < -0.4 is 5.14 Å². The first-order valence-electron chi connectivity index (χ1n) is 6.44. The zero-order chi connectivity index (χ0) is 14.6.